The van der Waals surface area contributed by atoms with Crippen molar-refractivity contribution in [2.24, 2.45) is 0 Å². The van der Waals surface area contributed by atoms with Crippen LogP contribution in [-0.2, 0) is 16.0 Å². The third-order valence-corrected chi connectivity index (χ3v) is 5.75. The summed E-state index contributed by atoms with van der Waals surface area (Å²) in [5, 5.41) is 21.4. The fourth-order valence-electron chi connectivity index (χ4n) is 3.57. The molecule has 164 valence electrons. The number of rotatable bonds is 8. The Kier molecular flexibility index (Phi) is 6.27. The molecule has 0 aliphatic carbocycles. The average Bonchev–Trinajstić information content (AvgIpc) is 3.38. The van der Waals surface area contributed by atoms with Gasteiger partial charge in [-0.15, -0.1) is 10.2 Å². The number of hydrogen-bond donors (Lipinski definition) is 3. The number of H-pyrrole nitrogens is 1. The lowest BCUT2D eigenvalue weighted by atomic mass is 10.1. The van der Waals surface area contributed by atoms with Crippen molar-refractivity contribution < 1.29 is 19.1 Å². The third-order valence-electron chi connectivity index (χ3n) is 4.93. The minimum absolute atomic E-state index is 0.0356. The maximum absolute atomic E-state index is 12.4. The van der Waals surface area contributed by atoms with E-state index in [1.165, 1.54) is 0 Å². The van der Waals surface area contributed by atoms with Crippen molar-refractivity contribution in [3.63, 3.8) is 0 Å². The van der Waals surface area contributed by atoms with Crippen LogP contribution < -0.4 is 5.32 Å². The molecule has 0 unspecified atom stereocenters. The average molecular weight is 451 g/mol. The molecule has 4 rings (SSSR count). The quantitative estimate of drug-likeness (QED) is 0.350. The molecule has 8 nitrogen and oxygen atoms in total. The molecule has 2 aromatic heterocycles. The Morgan fingerprint density at radius 3 is 2.66 bits per heavy atom. The van der Waals surface area contributed by atoms with Crippen LogP contribution in [0.1, 0.15) is 16.7 Å². The molecule has 3 N–H and O–H groups in total. The summed E-state index contributed by atoms with van der Waals surface area (Å²) in [7, 11) is 0. The summed E-state index contributed by atoms with van der Waals surface area (Å²) in [5.41, 5.74) is 4.74. The highest BCUT2D eigenvalue weighted by Gasteiger charge is 2.22. The minimum Gasteiger partial charge on any atom is -0.480 e. The van der Waals surface area contributed by atoms with Crippen LogP contribution in [0.2, 0.25) is 0 Å². The normalized spacial score (nSPS) is 12.1. The number of para-hydroxylation sites is 1. The van der Waals surface area contributed by atoms with Gasteiger partial charge in [0.15, 0.2) is 0 Å². The summed E-state index contributed by atoms with van der Waals surface area (Å²) < 4.78 is 5.66. The Balaban J connectivity index is 1.37. The fraction of sp³-hybridized carbons (Fsp3) is 0.217. The molecule has 0 bridgehead atoms. The first-order chi connectivity index (χ1) is 15.4. The molecule has 0 saturated carbocycles. The van der Waals surface area contributed by atoms with Gasteiger partial charge < -0.3 is 19.8 Å². The number of aromatic nitrogens is 3. The summed E-state index contributed by atoms with van der Waals surface area (Å²) in [4.78, 5) is 27.2. The number of fused-ring (bicyclic) bond motifs is 1. The van der Waals surface area contributed by atoms with Gasteiger partial charge in [-0.05, 0) is 37.6 Å². The highest BCUT2D eigenvalue weighted by atomic mass is 32.2. The smallest absolute Gasteiger partial charge is 0.326 e. The Hall–Kier alpha value is -3.59. The monoisotopic (exact) mass is 450 g/mol. The summed E-state index contributed by atoms with van der Waals surface area (Å²) >= 11 is 1.07. The van der Waals surface area contributed by atoms with Crippen LogP contribution in [0.15, 0.2) is 58.3 Å². The maximum atomic E-state index is 12.4. The van der Waals surface area contributed by atoms with E-state index >= 15 is 0 Å². The van der Waals surface area contributed by atoms with Gasteiger partial charge in [-0.2, -0.15) is 0 Å². The molecule has 9 heteroatoms. The highest BCUT2D eigenvalue weighted by Crippen LogP contribution is 2.25. The number of aryl methyl sites for hydroxylation is 2. The van der Waals surface area contributed by atoms with E-state index in [9.17, 15) is 14.7 Å². The summed E-state index contributed by atoms with van der Waals surface area (Å²) in [6.45, 7) is 3.98. The van der Waals surface area contributed by atoms with Crippen molar-refractivity contribution in [1.29, 1.82) is 0 Å². The molecule has 32 heavy (non-hydrogen) atoms. The maximum Gasteiger partial charge on any atom is 0.326 e. The van der Waals surface area contributed by atoms with Gasteiger partial charge in [0.1, 0.15) is 6.04 Å². The molecular formula is C23H22N4O4S. The van der Waals surface area contributed by atoms with E-state index in [0.29, 0.717) is 5.89 Å². The number of amides is 1. The topological polar surface area (TPSA) is 121 Å². The van der Waals surface area contributed by atoms with E-state index in [-0.39, 0.29) is 17.4 Å². The van der Waals surface area contributed by atoms with Crippen molar-refractivity contribution in [3.05, 3.63) is 65.4 Å². The fourth-order valence-corrected chi connectivity index (χ4v) is 4.14. The number of thioether (sulfide) groups is 1. The number of carbonyl (C=O) groups excluding carboxylic acids is 1. The number of hydrogen-bond acceptors (Lipinski definition) is 6. The lowest BCUT2D eigenvalue weighted by Gasteiger charge is -2.13. The van der Waals surface area contributed by atoms with Crippen LogP contribution in [0.25, 0.3) is 22.4 Å². The Morgan fingerprint density at radius 2 is 1.91 bits per heavy atom. The molecule has 0 radical (unpaired) electrons. The number of nitrogens with one attached hydrogen (secondary N) is 2. The first kappa shape index (κ1) is 21.6. The number of benzene rings is 2. The zero-order valence-corrected chi connectivity index (χ0v) is 18.4. The van der Waals surface area contributed by atoms with Crippen molar-refractivity contribution in [2.45, 2.75) is 31.5 Å². The second kappa shape index (κ2) is 9.27. The lowest BCUT2D eigenvalue weighted by Crippen LogP contribution is -2.43. The number of aliphatic carboxylic acids is 1. The molecule has 0 spiro atoms. The summed E-state index contributed by atoms with van der Waals surface area (Å²) in [6.07, 6.45) is 1.95. The molecule has 0 saturated heterocycles. The Bertz CT molecular complexity index is 1260. The van der Waals surface area contributed by atoms with Crippen LogP contribution in [-0.4, -0.2) is 44.0 Å². The SMILES string of the molecule is Cc1cc(C)cc(-c2nnc(SCC(=O)N[C@H](Cc3c[nH]c4ccccc34)C(=O)O)o2)c1. The molecular weight excluding hydrogens is 428 g/mol. The first-order valence-corrected chi connectivity index (χ1v) is 11.0. The number of aromatic amines is 1. The molecule has 4 aromatic rings. The summed E-state index contributed by atoms with van der Waals surface area (Å²) in [5.74, 6) is -1.18. The molecule has 0 aliphatic rings. The summed E-state index contributed by atoms with van der Waals surface area (Å²) in [6, 6.07) is 12.5. The molecule has 2 heterocycles. The van der Waals surface area contributed by atoms with Crippen LogP contribution in [0.5, 0.6) is 0 Å². The van der Waals surface area contributed by atoms with E-state index in [2.05, 4.69) is 26.6 Å². The standard InChI is InChI=1S/C23H22N4O4S/c1-13-7-14(2)9-15(8-13)21-26-27-23(31-21)32-12-20(28)25-19(22(29)30)10-16-11-24-18-6-4-3-5-17(16)18/h3-9,11,19,24H,10,12H2,1-2H3,(H,25,28)(H,29,30)/t19-/m1/s1. The highest BCUT2D eigenvalue weighted by molar-refractivity contribution is 7.99. The third kappa shape index (κ3) is 5.00. The largest absolute Gasteiger partial charge is 0.480 e. The number of carbonyl (C=O) groups is 2. The van der Waals surface area contributed by atoms with Crippen molar-refractivity contribution >= 4 is 34.5 Å². The van der Waals surface area contributed by atoms with Crippen molar-refractivity contribution in [3.8, 4) is 11.5 Å². The van der Waals surface area contributed by atoms with Gasteiger partial charge in [-0.3, -0.25) is 4.79 Å². The number of nitrogens with zero attached hydrogens (tertiary/aromatic N) is 2. The van der Waals surface area contributed by atoms with Gasteiger partial charge in [0, 0.05) is 29.1 Å². The zero-order chi connectivity index (χ0) is 22.7. The van der Waals surface area contributed by atoms with Crippen LogP contribution in [0.4, 0.5) is 0 Å². The minimum atomic E-state index is -1.09. The van der Waals surface area contributed by atoms with Gasteiger partial charge >= 0.3 is 5.97 Å². The first-order valence-electron chi connectivity index (χ1n) is 10.0. The van der Waals surface area contributed by atoms with Crippen molar-refractivity contribution in [2.75, 3.05) is 5.75 Å². The van der Waals surface area contributed by atoms with E-state index in [0.717, 1.165) is 44.9 Å². The van der Waals surface area contributed by atoms with Gasteiger partial charge in [0.2, 0.25) is 11.8 Å². The molecule has 0 aliphatic heterocycles. The lowest BCUT2D eigenvalue weighted by molar-refractivity contribution is -0.141. The van der Waals surface area contributed by atoms with E-state index < -0.39 is 17.9 Å². The predicted octanol–water partition coefficient (Wildman–Crippen LogP) is 3.74. The van der Waals surface area contributed by atoms with E-state index in [1.54, 1.807) is 6.20 Å². The second-order valence-corrected chi connectivity index (χ2v) is 8.49. The van der Waals surface area contributed by atoms with Crippen LogP contribution in [0.3, 0.4) is 0 Å². The molecule has 1 atom stereocenters. The van der Waals surface area contributed by atoms with Crippen molar-refractivity contribution in [1.82, 2.24) is 20.5 Å². The van der Waals surface area contributed by atoms with Crippen LogP contribution in [0, 0.1) is 13.8 Å². The molecule has 2 aromatic carbocycles. The predicted molar refractivity (Wildman–Crippen MR) is 122 cm³/mol. The number of carboxylic acids is 1. The van der Waals surface area contributed by atoms with Crippen LogP contribution >= 0.6 is 11.8 Å². The van der Waals surface area contributed by atoms with Gasteiger partial charge in [-0.25, -0.2) is 4.79 Å². The number of carboxylic acid groups (broad SMARTS) is 1. The molecule has 1 amide bonds. The second-order valence-electron chi connectivity index (χ2n) is 7.56. The zero-order valence-electron chi connectivity index (χ0n) is 17.6. The van der Waals surface area contributed by atoms with E-state index in [4.69, 9.17) is 4.42 Å². The van der Waals surface area contributed by atoms with Gasteiger partial charge in [-0.1, -0.05) is 47.2 Å². The van der Waals surface area contributed by atoms with Gasteiger partial charge in [0.05, 0.1) is 5.75 Å². The van der Waals surface area contributed by atoms with E-state index in [1.807, 2.05) is 50.2 Å². The molecule has 0 fully saturated rings. The Labute approximate surface area is 188 Å². The van der Waals surface area contributed by atoms with Gasteiger partial charge in [0.25, 0.3) is 5.22 Å². The Morgan fingerprint density at radius 1 is 1.16 bits per heavy atom.